The van der Waals surface area contributed by atoms with Crippen LogP contribution >= 0.6 is 0 Å². The van der Waals surface area contributed by atoms with E-state index < -0.39 is 12.0 Å². The van der Waals surface area contributed by atoms with Crippen LogP contribution in [-0.4, -0.2) is 41.3 Å². The zero-order valence-electron chi connectivity index (χ0n) is 19.4. The standard InChI is InChI=1S/C27H28FN5O/c1-17-22(7-8-25(28)30-17)23-15-20-9-12-29-24(16-34)26(20)27(32-23)31-21-5-3-18(4-6-21)19-10-13-33(2)14-11-19/h3-9,12,15-16,19,24,29H,10-11,13-14H2,1-2H3,(H,31,32). The van der Waals surface area contributed by atoms with Crippen molar-refractivity contribution in [3.63, 3.8) is 0 Å². The maximum absolute atomic E-state index is 13.6. The Kier molecular flexibility index (Phi) is 6.11. The van der Waals surface area contributed by atoms with Crippen LogP contribution in [-0.2, 0) is 4.79 Å². The number of aromatic nitrogens is 2. The largest absolute Gasteiger partial charge is 0.378 e. The molecular formula is C27H28FN5O. The summed E-state index contributed by atoms with van der Waals surface area (Å²) < 4.78 is 13.6. The monoisotopic (exact) mass is 457 g/mol. The maximum atomic E-state index is 13.6. The molecule has 0 amide bonds. The number of halogens is 1. The molecule has 0 saturated carbocycles. The highest BCUT2D eigenvalue weighted by Gasteiger charge is 2.24. The van der Waals surface area contributed by atoms with Gasteiger partial charge in [0, 0.05) is 22.5 Å². The van der Waals surface area contributed by atoms with E-state index in [1.165, 1.54) is 24.5 Å². The first-order valence-electron chi connectivity index (χ1n) is 11.6. The highest BCUT2D eigenvalue weighted by atomic mass is 19.1. The molecule has 0 spiro atoms. The lowest BCUT2D eigenvalue weighted by molar-refractivity contribution is -0.109. The highest BCUT2D eigenvalue weighted by molar-refractivity contribution is 5.80. The summed E-state index contributed by atoms with van der Waals surface area (Å²) in [5, 5.41) is 6.52. The Morgan fingerprint density at radius 3 is 2.59 bits per heavy atom. The van der Waals surface area contributed by atoms with E-state index in [0.717, 1.165) is 41.8 Å². The van der Waals surface area contributed by atoms with Gasteiger partial charge in [0.15, 0.2) is 0 Å². The lowest BCUT2D eigenvalue weighted by Gasteiger charge is -2.29. The van der Waals surface area contributed by atoms with Crippen molar-refractivity contribution in [2.24, 2.45) is 0 Å². The van der Waals surface area contributed by atoms with Crippen LogP contribution in [0, 0.1) is 12.9 Å². The molecule has 1 unspecified atom stereocenters. The number of carbonyl (C=O) groups is 1. The zero-order valence-corrected chi connectivity index (χ0v) is 19.4. The minimum Gasteiger partial charge on any atom is -0.378 e. The number of nitrogens with zero attached hydrogens (tertiary/aromatic N) is 3. The summed E-state index contributed by atoms with van der Waals surface area (Å²) >= 11 is 0. The smallest absolute Gasteiger partial charge is 0.213 e. The number of rotatable bonds is 5. The van der Waals surface area contributed by atoms with E-state index in [-0.39, 0.29) is 0 Å². The molecule has 1 atom stereocenters. The number of aryl methyl sites for hydroxylation is 1. The van der Waals surface area contributed by atoms with Crippen LogP contribution in [0.4, 0.5) is 15.9 Å². The summed E-state index contributed by atoms with van der Waals surface area (Å²) in [4.78, 5) is 23.0. The lowest BCUT2D eigenvalue weighted by Crippen LogP contribution is -2.29. The number of hydrogen-bond donors (Lipinski definition) is 2. The van der Waals surface area contributed by atoms with Crippen LogP contribution in [0.3, 0.4) is 0 Å². The van der Waals surface area contributed by atoms with Crippen LogP contribution in [0.2, 0.25) is 0 Å². The Morgan fingerprint density at radius 1 is 1.12 bits per heavy atom. The first kappa shape index (κ1) is 22.2. The molecule has 2 aliphatic rings. The number of likely N-dealkylation sites (tertiary alicyclic amines) is 1. The molecule has 0 radical (unpaired) electrons. The van der Waals surface area contributed by atoms with E-state index in [2.05, 4.69) is 51.8 Å². The second-order valence-electron chi connectivity index (χ2n) is 9.06. The van der Waals surface area contributed by atoms with Gasteiger partial charge in [-0.15, -0.1) is 0 Å². The van der Waals surface area contributed by atoms with E-state index in [1.807, 2.05) is 12.1 Å². The molecule has 3 aromatic rings. The minimum atomic E-state index is -0.521. The number of pyridine rings is 2. The van der Waals surface area contributed by atoms with Crippen LogP contribution in [0.25, 0.3) is 17.3 Å². The average molecular weight is 458 g/mol. The molecule has 1 aromatic carbocycles. The molecule has 6 nitrogen and oxygen atoms in total. The van der Waals surface area contributed by atoms with Gasteiger partial charge in [-0.2, -0.15) is 4.39 Å². The number of hydrogen-bond acceptors (Lipinski definition) is 6. The van der Waals surface area contributed by atoms with Gasteiger partial charge >= 0.3 is 0 Å². The second-order valence-corrected chi connectivity index (χ2v) is 9.06. The van der Waals surface area contributed by atoms with E-state index in [4.69, 9.17) is 4.98 Å². The zero-order chi connectivity index (χ0) is 23.7. The van der Waals surface area contributed by atoms with Gasteiger partial charge in [-0.25, -0.2) is 9.97 Å². The van der Waals surface area contributed by atoms with Gasteiger partial charge in [-0.05, 0) is 99.6 Å². The molecule has 1 saturated heterocycles. The van der Waals surface area contributed by atoms with Gasteiger partial charge in [-0.3, -0.25) is 0 Å². The third kappa shape index (κ3) is 4.43. The van der Waals surface area contributed by atoms with Crippen molar-refractivity contribution in [1.82, 2.24) is 20.2 Å². The van der Waals surface area contributed by atoms with Crippen molar-refractivity contribution in [3.05, 3.63) is 77.0 Å². The van der Waals surface area contributed by atoms with Crippen LogP contribution < -0.4 is 10.6 Å². The lowest BCUT2D eigenvalue weighted by atomic mass is 9.89. The van der Waals surface area contributed by atoms with Gasteiger partial charge < -0.3 is 20.3 Å². The van der Waals surface area contributed by atoms with Crippen LogP contribution in [0.5, 0.6) is 0 Å². The summed E-state index contributed by atoms with van der Waals surface area (Å²) in [6.07, 6.45) is 6.90. The summed E-state index contributed by atoms with van der Waals surface area (Å²) in [7, 11) is 2.17. The van der Waals surface area contributed by atoms with Gasteiger partial charge in [-0.1, -0.05) is 12.1 Å². The van der Waals surface area contributed by atoms with Gasteiger partial charge in [0.1, 0.15) is 18.1 Å². The number of benzene rings is 1. The first-order chi connectivity index (χ1) is 16.5. The molecule has 1 fully saturated rings. The van der Waals surface area contributed by atoms with Crippen molar-refractivity contribution >= 4 is 23.9 Å². The molecule has 2 aliphatic heterocycles. The van der Waals surface area contributed by atoms with Crippen LogP contribution in [0.15, 0.2) is 48.7 Å². The summed E-state index contributed by atoms with van der Waals surface area (Å²) in [5.74, 6) is 0.659. The Hall–Kier alpha value is -3.58. The number of anilines is 2. The summed E-state index contributed by atoms with van der Waals surface area (Å²) in [5.41, 5.74) is 5.90. The number of fused-ring (bicyclic) bond motifs is 1. The topological polar surface area (TPSA) is 70.2 Å². The Labute approximate surface area is 198 Å². The average Bonchev–Trinajstić information content (AvgIpc) is 2.84. The number of piperidine rings is 1. The summed E-state index contributed by atoms with van der Waals surface area (Å²) in [6, 6.07) is 12.9. The molecule has 34 heavy (non-hydrogen) atoms. The van der Waals surface area contributed by atoms with Crippen molar-refractivity contribution in [2.75, 3.05) is 25.5 Å². The fourth-order valence-electron chi connectivity index (χ4n) is 4.82. The fraction of sp³-hybridized carbons (Fsp3) is 0.296. The van der Waals surface area contributed by atoms with Crippen molar-refractivity contribution in [3.8, 4) is 11.3 Å². The minimum absolute atomic E-state index is 0.505. The van der Waals surface area contributed by atoms with Crippen molar-refractivity contribution in [2.45, 2.75) is 31.7 Å². The van der Waals surface area contributed by atoms with Gasteiger partial charge in [0.05, 0.1) is 5.69 Å². The quantitative estimate of drug-likeness (QED) is 0.417. The van der Waals surface area contributed by atoms with Crippen molar-refractivity contribution < 1.29 is 9.18 Å². The predicted molar refractivity (Wildman–Crippen MR) is 132 cm³/mol. The van der Waals surface area contributed by atoms with Gasteiger partial charge in [0.2, 0.25) is 5.95 Å². The highest BCUT2D eigenvalue weighted by Crippen LogP contribution is 2.35. The third-order valence-corrected chi connectivity index (χ3v) is 6.77. The van der Waals surface area contributed by atoms with Crippen molar-refractivity contribution in [1.29, 1.82) is 0 Å². The molecule has 174 valence electrons. The van der Waals surface area contributed by atoms with Crippen LogP contribution in [0.1, 0.15) is 47.2 Å². The Morgan fingerprint density at radius 2 is 1.88 bits per heavy atom. The molecule has 5 rings (SSSR count). The van der Waals surface area contributed by atoms with E-state index in [0.29, 0.717) is 23.1 Å². The molecule has 4 heterocycles. The first-order valence-corrected chi connectivity index (χ1v) is 11.6. The maximum Gasteiger partial charge on any atom is 0.213 e. The van der Waals surface area contributed by atoms with E-state index in [1.54, 1.807) is 19.2 Å². The number of aldehydes is 1. The van der Waals surface area contributed by atoms with E-state index in [9.17, 15) is 9.18 Å². The number of carbonyl (C=O) groups excluding carboxylic acids is 1. The molecule has 0 aliphatic carbocycles. The third-order valence-electron chi connectivity index (χ3n) is 6.77. The Balaban J connectivity index is 1.50. The van der Waals surface area contributed by atoms with Gasteiger partial charge in [0.25, 0.3) is 0 Å². The summed E-state index contributed by atoms with van der Waals surface area (Å²) in [6.45, 7) is 4.01. The second kappa shape index (κ2) is 9.35. The fourth-order valence-corrected chi connectivity index (χ4v) is 4.82. The predicted octanol–water partition coefficient (Wildman–Crippen LogP) is 4.96. The molecule has 2 aromatic heterocycles. The Bertz CT molecular complexity index is 1230. The molecule has 7 heteroatoms. The SMILES string of the molecule is Cc1nc(F)ccc1-c1cc2c(c(Nc3ccc(C4CCN(C)CC4)cc3)n1)C(C=O)NC=C2. The molecular weight excluding hydrogens is 429 g/mol. The molecule has 2 N–H and O–H groups in total. The normalized spacial score (nSPS) is 18.3. The number of nitrogens with one attached hydrogen (secondary N) is 2. The molecule has 0 bridgehead atoms. The van der Waals surface area contributed by atoms with E-state index >= 15 is 0 Å².